The van der Waals surface area contributed by atoms with E-state index in [9.17, 15) is 23.4 Å². The van der Waals surface area contributed by atoms with E-state index < -0.39 is 21.5 Å². The Labute approximate surface area is 154 Å². The number of sulfonamides is 1. The van der Waals surface area contributed by atoms with Crippen LogP contribution in [0.25, 0.3) is 0 Å². The minimum Gasteiger partial charge on any atom is -0.508 e. The number of phenols is 1. The molecule has 1 unspecified atom stereocenters. The number of hydrogen-bond donors (Lipinski definition) is 3. The first-order valence-corrected chi connectivity index (χ1v) is 9.77. The van der Waals surface area contributed by atoms with E-state index in [1.165, 1.54) is 24.3 Å². The molecule has 0 amide bonds. The molecular weight excluding hydrogens is 410 g/mol. The van der Waals surface area contributed by atoms with Crippen LogP contribution in [0, 0.1) is 0 Å². The van der Waals surface area contributed by atoms with Crippen molar-refractivity contribution in [3.05, 3.63) is 58.6 Å². The van der Waals surface area contributed by atoms with Gasteiger partial charge in [-0.15, -0.1) is 0 Å². The van der Waals surface area contributed by atoms with Gasteiger partial charge in [-0.05, 0) is 48.4 Å². The van der Waals surface area contributed by atoms with Crippen LogP contribution in [0.5, 0.6) is 5.75 Å². The summed E-state index contributed by atoms with van der Waals surface area (Å²) in [5, 5.41) is 19.1. The number of carboxylic acid groups (broad SMARTS) is 1. The molecule has 3 N–H and O–H groups in total. The van der Waals surface area contributed by atoms with Crippen molar-refractivity contribution in [2.75, 3.05) is 0 Å². The molecular formula is C17H18BrNO5S. The minimum absolute atomic E-state index is 0.0134. The molecule has 0 saturated carbocycles. The van der Waals surface area contributed by atoms with Gasteiger partial charge in [0.25, 0.3) is 0 Å². The van der Waals surface area contributed by atoms with Gasteiger partial charge in [-0.1, -0.05) is 35.0 Å². The first-order valence-electron chi connectivity index (χ1n) is 7.49. The van der Waals surface area contributed by atoms with Gasteiger partial charge in [-0.25, -0.2) is 8.42 Å². The van der Waals surface area contributed by atoms with E-state index in [2.05, 4.69) is 20.7 Å². The van der Waals surface area contributed by atoms with Gasteiger partial charge in [-0.3, -0.25) is 4.79 Å². The van der Waals surface area contributed by atoms with E-state index in [1.807, 2.05) is 0 Å². The zero-order valence-electron chi connectivity index (χ0n) is 13.4. The molecule has 2 rings (SSSR count). The second-order valence-electron chi connectivity index (χ2n) is 5.64. The molecule has 25 heavy (non-hydrogen) atoms. The highest BCUT2D eigenvalue weighted by Gasteiger charge is 2.41. The molecule has 8 heteroatoms. The van der Waals surface area contributed by atoms with Gasteiger partial charge < -0.3 is 10.2 Å². The van der Waals surface area contributed by atoms with E-state index in [-0.39, 0.29) is 23.5 Å². The fourth-order valence-electron chi connectivity index (χ4n) is 2.40. The normalized spacial score (nSPS) is 14.0. The summed E-state index contributed by atoms with van der Waals surface area (Å²) >= 11 is 3.23. The van der Waals surface area contributed by atoms with Crippen LogP contribution in [-0.2, 0) is 21.2 Å². The van der Waals surface area contributed by atoms with Gasteiger partial charge >= 0.3 is 5.97 Å². The van der Waals surface area contributed by atoms with Gasteiger partial charge in [0.2, 0.25) is 10.0 Å². The number of phenolic OH excluding ortho intramolecular Hbond substituents is 1. The standard InChI is InChI=1S/C17H18BrNO5S/c1-2-17(16(21)22,11-12-3-7-14(20)8-4-12)19-25(23,24)15-9-5-13(18)6-10-15/h3-10,19-20H,2,11H2,1H3,(H,21,22). The highest BCUT2D eigenvalue weighted by atomic mass is 79.9. The maximum Gasteiger partial charge on any atom is 0.325 e. The highest BCUT2D eigenvalue weighted by Crippen LogP contribution is 2.24. The molecule has 0 bridgehead atoms. The van der Waals surface area contributed by atoms with Gasteiger partial charge in [-0.2, -0.15) is 4.72 Å². The summed E-state index contributed by atoms with van der Waals surface area (Å²) in [6, 6.07) is 11.9. The number of halogens is 1. The van der Waals surface area contributed by atoms with Crippen molar-refractivity contribution >= 4 is 31.9 Å². The first kappa shape index (κ1) is 19.4. The predicted octanol–water partition coefficient (Wildman–Crippen LogP) is 2.91. The molecule has 134 valence electrons. The molecule has 2 aromatic carbocycles. The average Bonchev–Trinajstić information content (AvgIpc) is 2.56. The van der Waals surface area contributed by atoms with Crippen LogP contribution in [0.3, 0.4) is 0 Å². The summed E-state index contributed by atoms with van der Waals surface area (Å²) in [4.78, 5) is 11.9. The number of rotatable bonds is 7. The zero-order chi connectivity index (χ0) is 18.7. The Morgan fingerprint density at radius 1 is 1.12 bits per heavy atom. The third-order valence-electron chi connectivity index (χ3n) is 3.91. The Morgan fingerprint density at radius 3 is 2.16 bits per heavy atom. The molecule has 0 spiro atoms. The predicted molar refractivity (Wildman–Crippen MR) is 96.9 cm³/mol. The summed E-state index contributed by atoms with van der Waals surface area (Å²) in [7, 11) is -4.02. The van der Waals surface area contributed by atoms with Crippen molar-refractivity contribution in [3.63, 3.8) is 0 Å². The van der Waals surface area contributed by atoms with E-state index in [0.717, 1.165) is 4.47 Å². The fourth-order valence-corrected chi connectivity index (χ4v) is 4.09. The van der Waals surface area contributed by atoms with Crippen molar-refractivity contribution in [1.29, 1.82) is 0 Å². The molecule has 2 aromatic rings. The first-order chi connectivity index (χ1) is 11.7. The summed E-state index contributed by atoms with van der Waals surface area (Å²) in [6.45, 7) is 1.61. The number of carbonyl (C=O) groups is 1. The van der Waals surface area contributed by atoms with Crippen LogP contribution >= 0.6 is 15.9 Å². The number of nitrogens with one attached hydrogen (secondary N) is 1. The lowest BCUT2D eigenvalue weighted by molar-refractivity contribution is -0.144. The van der Waals surface area contributed by atoms with E-state index in [4.69, 9.17) is 0 Å². The topological polar surface area (TPSA) is 104 Å². The van der Waals surface area contributed by atoms with Crippen LogP contribution in [0.2, 0.25) is 0 Å². The Morgan fingerprint density at radius 2 is 1.68 bits per heavy atom. The second kappa shape index (κ2) is 7.55. The lowest BCUT2D eigenvalue weighted by Gasteiger charge is -2.29. The van der Waals surface area contributed by atoms with Gasteiger partial charge in [0.1, 0.15) is 11.3 Å². The average molecular weight is 428 g/mol. The molecule has 0 radical (unpaired) electrons. The van der Waals surface area contributed by atoms with Crippen LogP contribution < -0.4 is 4.72 Å². The number of carboxylic acids is 1. The SMILES string of the molecule is CCC(Cc1ccc(O)cc1)(NS(=O)(=O)c1ccc(Br)cc1)C(=O)O. The van der Waals surface area contributed by atoms with Crippen molar-refractivity contribution < 1.29 is 23.4 Å². The summed E-state index contributed by atoms with van der Waals surface area (Å²) in [5.74, 6) is -1.21. The van der Waals surface area contributed by atoms with Crippen LogP contribution in [0.4, 0.5) is 0 Å². The molecule has 1 atom stereocenters. The Balaban J connectivity index is 2.38. The number of aromatic hydroxyl groups is 1. The van der Waals surface area contributed by atoms with E-state index in [0.29, 0.717) is 5.56 Å². The molecule has 6 nitrogen and oxygen atoms in total. The third-order valence-corrected chi connectivity index (χ3v) is 5.99. The van der Waals surface area contributed by atoms with Crippen molar-refractivity contribution in [1.82, 2.24) is 4.72 Å². The van der Waals surface area contributed by atoms with Gasteiger partial charge in [0.15, 0.2) is 0 Å². The number of aliphatic carboxylic acids is 1. The van der Waals surface area contributed by atoms with Gasteiger partial charge in [0, 0.05) is 10.9 Å². The number of hydrogen-bond acceptors (Lipinski definition) is 4. The van der Waals surface area contributed by atoms with E-state index >= 15 is 0 Å². The molecule has 0 aliphatic carbocycles. The lowest BCUT2D eigenvalue weighted by Crippen LogP contribution is -2.55. The number of benzene rings is 2. The third kappa shape index (κ3) is 4.59. The van der Waals surface area contributed by atoms with Crippen molar-refractivity contribution in [2.24, 2.45) is 0 Å². The summed E-state index contributed by atoms with van der Waals surface area (Å²) in [5.41, 5.74) is -1.09. The Kier molecular flexibility index (Phi) is 5.87. The molecule has 0 saturated heterocycles. The Hall–Kier alpha value is -1.90. The quantitative estimate of drug-likeness (QED) is 0.629. The summed E-state index contributed by atoms with van der Waals surface area (Å²) in [6.07, 6.45) is 0.00778. The van der Waals surface area contributed by atoms with Crippen LogP contribution in [0.1, 0.15) is 18.9 Å². The fraction of sp³-hybridized carbons (Fsp3) is 0.235. The minimum atomic E-state index is -4.02. The van der Waals surface area contributed by atoms with E-state index in [1.54, 1.807) is 31.2 Å². The van der Waals surface area contributed by atoms with Crippen LogP contribution in [0.15, 0.2) is 57.9 Å². The van der Waals surface area contributed by atoms with Crippen molar-refractivity contribution in [2.45, 2.75) is 30.2 Å². The van der Waals surface area contributed by atoms with Gasteiger partial charge in [0.05, 0.1) is 4.90 Å². The molecule has 0 heterocycles. The maximum atomic E-state index is 12.6. The monoisotopic (exact) mass is 427 g/mol. The maximum absolute atomic E-state index is 12.6. The molecule has 0 aliphatic rings. The summed E-state index contributed by atoms with van der Waals surface area (Å²) < 4.78 is 28.3. The lowest BCUT2D eigenvalue weighted by atomic mass is 9.89. The molecule has 0 aromatic heterocycles. The van der Waals surface area contributed by atoms with Crippen LogP contribution in [-0.4, -0.2) is 30.1 Å². The zero-order valence-corrected chi connectivity index (χ0v) is 15.8. The largest absolute Gasteiger partial charge is 0.508 e. The smallest absolute Gasteiger partial charge is 0.325 e. The highest BCUT2D eigenvalue weighted by molar-refractivity contribution is 9.10. The Bertz CT molecular complexity index is 850. The van der Waals surface area contributed by atoms with Crippen molar-refractivity contribution in [3.8, 4) is 5.75 Å². The molecule has 0 aliphatic heterocycles. The molecule has 0 fully saturated rings. The second-order valence-corrected chi connectivity index (χ2v) is 8.24.